The molecule has 44 heavy (non-hydrogen) atoms. The summed E-state index contributed by atoms with van der Waals surface area (Å²) in [6.07, 6.45) is 7.86. The molecule has 12 heteroatoms. The molecule has 0 radical (unpaired) electrons. The van der Waals surface area contributed by atoms with E-state index in [1.807, 2.05) is 42.5 Å². The quantitative estimate of drug-likeness (QED) is 0.135. The van der Waals surface area contributed by atoms with Crippen LogP contribution in [0.5, 0.6) is 0 Å². The predicted molar refractivity (Wildman–Crippen MR) is 176 cm³/mol. The molecule has 0 unspecified atom stereocenters. The van der Waals surface area contributed by atoms with Gasteiger partial charge in [-0.1, -0.05) is 119 Å². The number of rotatable bonds is 8. The van der Waals surface area contributed by atoms with E-state index < -0.39 is 20.6 Å². The molecule has 0 amide bonds. The molecule has 0 aromatic heterocycles. The fourth-order valence-electron chi connectivity index (χ4n) is 3.45. The maximum Gasteiger partial charge on any atom is 0.235 e. The van der Waals surface area contributed by atoms with E-state index >= 15 is 0 Å². The number of halogens is 3. The van der Waals surface area contributed by atoms with Gasteiger partial charge in [-0.05, 0) is 34.4 Å². The second-order valence-electron chi connectivity index (χ2n) is 8.35. The number of hydrogen-bond donors (Lipinski definition) is 0. The van der Waals surface area contributed by atoms with Gasteiger partial charge >= 0.3 is 0 Å². The lowest BCUT2D eigenvalue weighted by Gasteiger charge is -2.08. The van der Waals surface area contributed by atoms with Crippen LogP contribution < -0.4 is 0 Å². The Morgan fingerprint density at radius 3 is 1.57 bits per heavy atom. The molecule has 4 aromatic carbocycles. The minimum Gasteiger partial charge on any atom is -0.259 e. The highest BCUT2D eigenvalue weighted by Crippen LogP contribution is 2.29. The third-order valence-electron chi connectivity index (χ3n) is 5.44. The van der Waals surface area contributed by atoms with E-state index in [-0.39, 0.29) is 11.1 Å². The van der Waals surface area contributed by atoms with Crippen LogP contribution in [-0.2, 0) is 0 Å². The van der Waals surface area contributed by atoms with Gasteiger partial charge in [-0.25, -0.2) is 4.39 Å². The van der Waals surface area contributed by atoms with Crippen LogP contribution in [-0.4, -0.2) is 14.8 Å². The van der Waals surface area contributed by atoms with Crippen LogP contribution >= 0.6 is 27.5 Å². The lowest BCUT2D eigenvalue weighted by Crippen LogP contribution is -1.92. The zero-order valence-electron chi connectivity index (χ0n) is 22.8. The molecule has 4 rings (SSSR count). The first-order valence-corrected chi connectivity index (χ1v) is 13.6. The Kier molecular flexibility index (Phi) is 14.5. The van der Waals surface area contributed by atoms with E-state index in [1.54, 1.807) is 42.5 Å². The summed E-state index contributed by atoms with van der Waals surface area (Å²) in [5.74, 6) is -0.632. The summed E-state index contributed by atoms with van der Waals surface area (Å²) < 4.78 is 15.4. The molecule has 0 heterocycles. The predicted octanol–water partition coefficient (Wildman–Crippen LogP) is 9.67. The first-order chi connectivity index (χ1) is 21.0. The molecule has 0 atom stereocenters. The second-order valence-corrected chi connectivity index (χ2v) is 9.61. The minimum atomic E-state index is -0.681. The number of nitrogens with zero attached hydrogens (tertiary/aromatic N) is 3. The number of benzene rings is 4. The summed E-state index contributed by atoms with van der Waals surface area (Å²) in [6.45, 7) is 3.61. The van der Waals surface area contributed by atoms with E-state index in [4.69, 9.17) is 11.6 Å². The molecule has 0 saturated heterocycles. The summed E-state index contributed by atoms with van der Waals surface area (Å²) in [6, 6.07) is 26.0. The highest BCUT2D eigenvalue weighted by atomic mass is 79.9. The smallest absolute Gasteiger partial charge is 0.235 e. The van der Waals surface area contributed by atoms with Crippen molar-refractivity contribution in [1.29, 1.82) is 0 Å². The van der Waals surface area contributed by atoms with Gasteiger partial charge in [-0.3, -0.25) is 30.3 Å². The van der Waals surface area contributed by atoms with E-state index in [0.29, 0.717) is 17.3 Å². The number of hydrogen-bond acceptors (Lipinski definition) is 6. The van der Waals surface area contributed by atoms with Gasteiger partial charge in [0.15, 0.2) is 0 Å². The van der Waals surface area contributed by atoms with Crippen molar-refractivity contribution in [3.05, 3.63) is 184 Å². The first kappa shape index (κ1) is 34.9. The van der Waals surface area contributed by atoms with E-state index in [0.717, 1.165) is 39.1 Å². The van der Waals surface area contributed by atoms with Crippen LogP contribution in [0.1, 0.15) is 22.3 Å². The van der Waals surface area contributed by atoms with Crippen molar-refractivity contribution in [3.63, 3.8) is 0 Å². The third kappa shape index (κ3) is 11.9. The van der Waals surface area contributed by atoms with Crippen molar-refractivity contribution in [2.24, 2.45) is 0 Å². The molecule has 0 aliphatic heterocycles. The highest BCUT2D eigenvalue weighted by Gasteiger charge is 2.11. The summed E-state index contributed by atoms with van der Waals surface area (Å²) in [5.41, 5.74) is 2.98. The normalized spacial score (nSPS) is 10.5. The lowest BCUT2D eigenvalue weighted by molar-refractivity contribution is -0.401. The van der Waals surface area contributed by atoms with E-state index in [2.05, 4.69) is 22.5 Å². The minimum absolute atomic E-state index is 0.0623. The Hall–Kier alpha value is -5.26. The van der Waals surface area contributed by atoms with E-state index in [9.17, 15) is 34.7 Å². The van der Waals surface area contributed by atoms with Gasteiger partial charge in [0.05, 0.1) is 14.8 Å². The average Bonchev–Trinajstić information content (AvgIpc) is 3.00. The molecule has 0 aliphatic rings. The Labute approximate surface area is 265 Å². The monoisotopic (exact) mass is 679 g/mol. The van der Waals surface area contributed by atoms with Crippen molar-refractivity contribution in [2.75, 3.05) is 0 Å². The fourth-order valence-corrected chi connectivity index (χ4v) is 4.08. The Morgan fingerprint density at radius 1 is 0.614 bits per heavy atom. The largest absolute Gasteiger partial charge is 0.259 e. The van der Waals surface area contributed by atoms with Crippen molar-refractivity contribution in [1.82, 2.24) is 0 Å². The maximum absolute atomic E-state index is 14.6. The van der Waals surface area contributed by atoms with Gasteiger partial charge in [0, 0.05) is 38.9 Å². The molecular formula is C32H24BrClFN3O6. The number of nitro groups is 3. The van der Waals surface area contributed by atoms with Crippen LogP contribution in [0.15, 0.2) is 121 Å². The van der Waals surface area contributed by atoms with Gasteiger partial charge in [0.2, 0.25) is 18.6 Å². The van der Waals surface area contributed by atoms with Crippen molar-refractivity contribution in [3.8, 4) is 11.1 Å². The molecule has 0 fully saturated rings. The summed E-state index contributed by atoms with van der Waals surface area (Å²) in [4.78, 5) is 29.0. The molecule has 4 aromatic rings. The van der Waals surface area contributed by atoms with Crippen LogP contribution in [0, 0.1) is 36.2 Å². The van der Waals surface area contributed by atoms with Crippen LogP contribution in [0.25, 0.3) is 35.4 Å². The standard InChI is InChI=1S/C16H11FN2O4.C8H6BrNO2.C8H7Cl/c17-16-13(9-11-19(22)23)5-3-7-15(16)14-6-2-1-4-12(14)8-10-18(20)21;9-8-4-2-1-3-7(8)5-6-10(11)12;1-2-7-5-3-4-6-8(7)9/h1-11H;1-6H;2-6H,1H2. The summed E-state index contributed by atoms with van der Waals surface area (Å²) in [7, 11) is 0. The van der Waals surface area contributed by atoms with Gasteiger partial charge in [0.25, 0.3) is 0 Å². The topological polar surface area (TPSA) is 129 Å². The molecular weight excluding hydrogens is 657 g/mol. The Balaban J connectivity index is 0.000000266. The lowest BCUT2D eigenvalue weighted by atomic mass is 9.97. The molecule has 224 valence electrons. The molecule has 9 nitrogen and oxygen atoms in total. The van der Waals surface area contributed by atoms with Crippen molar-refractivity contribution >= 4 is 51.8 Å². The maximum atomic E-state index is 14.6. The van der Waals surface area contributed by atoms with Crippen LogP contribution in [0.3, 0.4) is 0 Å². The average molecular weight is 681 g/mol. The Morgan fingerprint density at radius 2 is 1.05 bits per heavy atom. The van der Waals surface area contributed by atoms with Gasteiger partial charge < -0.3 is 0 Å². The zero-order chi connectivity index (χ0) is 32.5. The van der Waals surface area contributed by atoms with Crippen LogP contribution in [0.2, 0.25) is 5.02 Å². The first-order valence-electron chi connectivity index (χ1n) is 12.5. The summed E-state index contributed by atoms with van der Waals surface area (Å²) >= 11 is 9.03. The summed E-state index contributed by atoms with van der Waals surface area (Å²) in [5, 5.41) is 31.6. The molecule has 0 spiro atoms. The SMILES string of the molecule is C=Cc1ccccc1Cl.O=[N+]([O-])C=Cc1ccccc1-c1cccc(C=C[N+](=O)[O-])c1F.O=[N+]([O-])C=Cc1ccccc1Br. The highest BCUT2D eigenvalue weighted by molar-refractivity contribution is 9.10. The van der Waals surface area contributed by atoms with Crippen molar-refractivity contribution < 1.29 is 19.2 Å². The second kappa shape index (κ2) is 18.3. The zero-order valence-corrected chi connectivity index (χ0v) is 25.2. The fraction of sp³-hybridized carbons (Fsp3) is 0. The van der Waals surface area contributed by atoms with Crippen LogP contribution in [0.4, 0.5) is 4.39 Å². The van der Waals surface area contributed by atoms with E-state index in [1.165, 1.54) is 24.3 Å². The van der Waals surface area contributed by atoms with Gasteiger partial charge in [-0.2, -0.15) is 0 Å². The van der Waals surface area contributed by atoms with Gasteiger partial charge in [0.1, 0.15) is 5.82 Å². The molecule has 0 bridgehead atoms. The van der Waals surface area contributed by atoms with Gasteiger partial charge in [-0.15, -0.1) is 0 Å². The third-order valence-corrected chi connectivity index (χ3v) is 6.50. The molecule has 0 N–H and O–H groups in total. The molecule has 0 aliphatic carbocycles. The van der Waals surface area contributed by atoms with Crippen molar-refractivity contribution in [2.45, 2.75) is 0 Å². The Bertz CT molecular complexity index is 1730. The molecule has 0 saturated carbocycles.